The summed E-state index contributed by atoms with van der Waals surface area (Å²) in [6.45, 7) is 39.9. The van der Waals surface area contributed by atoms with Gasteiger partial charge in [0, 0.05) is 36.6 Å². The summed E-state index contributed by atoms with van der Waals surface area (Å²) in [5.74, 6) is 29.8. The molecule has 0 saturated heterocycles. The fourth-order valence-corrected chi connectivity index (χ4v) is 20.1. The molecule has 7 unspecified atom stereocenters. The van der Waals surface area contributed by atoms with Crippen molar-refractivity contribution in [2.24, 2.45) is 71.0 Å². The van der Waals surface area contributed by atoms with Gasteiger partial charge in [-0.05, 0) is 203 Å². The van der Waals surface area contributed by atoms with Gasteiger partial charge in [-0.3, -0.25) is 0 Å². The molecule has 0 bridgehead atoms. The van der Waals surface area contributed by atoms with Crippen LogP contribution in [0.5, 0.6) is 0 Å². The molecule has 7 atom stereocenters. The van der Waals surface area contributed by atoms with Crippen LogP contribution in [-0.2, 0) is 0 Å². The zero-order chi connectivity index (χ0) is 57.0. The minimum atomic E-state index is 0.326. The summed E-state index contributed by atoms with van der Waals surface area (Å²) in [5, 5.41) is 5.14. The summed E-state index contributed by atoms with van der Waals surface area (Å²) in [7, 11) is 0. The van der Waals surface area contributed by atoms with Gasteiger partial charge in [0.15, 0.2) is 0 Å². The lowest BCUT2D eigenvalue weighted by Crippen LogP contribution is -2.19. The van der Waals surface area contributed by atoms with Gasteiger partial charge in [-0.15, -0.1) is 0 Å². The molecule has 0 aromatic carbocycles. The molecule has 74 heavy (non-hydrogen) atoms. The van der Waals surface area contributed by atoms with Crippen LogP contribution in [0.1, 0.15) is 175 Å². The van der Waals surface area contributed by atoms with Crippen LogP contribution in [0.15, 0.2) is 0 Å². The Hall–Kier alpha value is 5.25. The highest BCUT2D eigenvalue weighted by Crippen LogP contribution is 2.32. The Morgan fingerprint density at radius 1 is 0.324 bits per heavy atom. The summed E-state index contributed by atoms with van der Waals surface area (Å²) in [6.07, 6.45) is 12.4. The Kier molecular flexibility index (Phi) is 74.4. The molecule has 0 rings (SSSR count). The lowest BCUT2D eigenvalue weighted by Gasteiger charge is -2.25. The van der Waals surface area contributed by atoms with E-state index in [2.05, 4.69) is 292 Å². The van der Waals surface area contributed by atoms with E-state index in [1.807, 2.05) is 6.92 Å². The SMILES string of the molecule is CC(C)CCSCCC(CCSCCC(C)C)CSCSCC(C)C(CCSCSCC(CCSCCC(C)C)C(C)CSCCC(C)C)CSCSCC(C)C.CC(S)C(S)CS.CCC(C)C(C)C.SCS. The van der Waals surface area contributed by atoms with E-state index in [0.717, 1.165) is 76.8 Å². The van der Waals surface area contributed by atoms with Crippen LogP contribution in [0.25, 0.3) is 0 Å². The van der Waals surface area contributed by atoms with Gasteiger partial charge in [0.25, 0.3) is 0 Å². The normalized spacial score (nSPS) is 14.7. The molecule has 0 N–H and O–H groups in total. The molecule has 0 heterocycles. The minimum Gasteiger partial charge on any atom is -0.178 e. The maximum absolute atomic E-state index is 4.17. The Balaban J connectivity index is -0.00000123. The highest BCUT2D eigenvalue weighted by atomic mass is 32.2. The van der Waals surface area contributed by atoms with E-state index in [1.165, 1.54) is 154 Å². The van der Waals surface area contributed by atoms with E-state index >= 15 is 0 Å². The molecule has 0 aliphatic carbocycles. The fraction of sp³-hybridized carbons (Fsp3) is 1.00. The van der Waals surface area contributed by atoms with Crippen LogP contribution in [0.3, 0.4) is 0 Å². The first-order chi connectivity index (χ1) is 35.1. The van der Waals surface area contributed by atoms with Crippen molar-refractivity contribution in [1.82, 2.24) is 0 Å². The van der Waals surface area contributed by atoms with Crippen LogP contribution < -0.4 is 0 Å². The highest BCUT2D eigenvalue weighted by Gasteiger charge is 2.20. The van der Waals surface area contributed by atoms with Crippen LogP contribution in [0, 0.1) is 71.0 Å². The monoisotopic (exact) mass is 1310 g/mol. The van der Waals surface area contributed by atoms with Gasteiger partial charge < -0.3 is 0 Å². The molecular formula is C59H126S15. The molecular weight excluding hydrogens is 1190 g/mol. The maximum Gasteiger partial charge on any atom is 0.0392 e. The van der Waals surface area contributed by atoms with Crippen LogP contribution in [-0.4, -0.2) is 117 Å². The van der Waals surface area contributed by atoms with Crippen molar-refractivity contribution in [3.63, 3.8) is 0 Å². The first-order valence-electron chi connectivity index (χ1n) is 29.0. The van der Waals surface area contributed by atoms with Crippen molar-refractivity contribution in [2.45, 2.75) is 186 Å². The summed E-state index contributed by atoms with van der Waals surface area (Å²) in [6, 6.07) is 0. The van der Waals surface area contributed by atoms with E-state index in [1.54, 1.807) is 0 Å². The lowest BCUT2D eigenvalue weighted by atomic mass is 9.95. The van der Waals surface area contributed by atoms with Crippen LogP contribution >= 0.6 is 181 Å². The van der Waals surface area contributed by atoms with E-state index < -0.39 is 0 Å². The van der Waals surface area contributed by atoms with Gasteiger partial charge in [0.1, 0.15) is 0 Å². The van der Waals surface area contributed by atoms with Crippen molar-refractivity contribution < 1.29 is 0 Å². The number of thioether (sulfide) groups is 10. The Bertz CT molecular complexity index is 1020. The van der Waals surface area contributed by atoms with Gasteiger partial charge in [0.2, 0.25) is 0 Å². The average Bonchev–Trinajstić information content (AvgIpc) is 3.33. The fourth-order valence-electron chi connectivity index (χ4n) is 6.46. The van der Waals surface area contributed by atoms with Crippen molar-refractivity contribution in [3.8, 4) is 0 Å². The molecule has 0 fully saturated rings. The van der Waals surface area contributed by atoms with Crippen LogP contribution in [0.4, 0.5) is 0 Å². The highest BCUT2D eigenvalue weighted by molar-refractivity contribution is 8.16. The zero-order valence-electron chi connectivity index (χ0n) is 51.2. The molecule has 0 aromatic rings. The number of thiol groups is 5. The maximum atomic E-state index is 4.17. The predicted molar refractivity (Wildman–Crippen MR) is 401 cm³/mol. The summed E-state index contributed by atoms with van der Waals surface area (Å²) < 4.78 is 0. The van der Waals surface area contributed by atoms with Gasteiger partial charge in [-0.1, -0.05) is 124 Å². The number of rotatable bonds is 48. The molecule has 0 amide bonds. The predicted octanol–water partition coefficient (Wildman–Crippen LogP) is 22.7. The second-order valence-corrected chi connectivity index (χ2v) is 38.1. The zero-order valence-corrected chi connectivity index (χ0v) is 63.8. The summed E-state index contributed by atoms with van der Waals surface area (Å²) in [4.78, 5) is 0. The molecule has 0 radical (unpaired) electrons. The molecule has 0 nitrogen and oxygen atoms in total. The Morgan fingerprint density at radius 3 is 0.986 bits per heavy atom. The first-order valence-corrected chi connectivity index (χ1v) is 43.5. The molecule has 0 aliphatic rings. The van der Waals surface area contributed by atoms with E-state index in [4.69, 9.17) is 0 Å². The Morgan fingerprint density at radius 2 is 0.649 bits per heavy atom. The number of hydrogen-bond donors (Lipinski definition) is 5. The van der Waals surface area contributed by atoms with Crippen molar-refractivity contribution in [3.05, 3.63) is 0 Å². The largest absolute Gasteiger partial charge is 0.178 e. The van der Waals surface area contributed by atoms with Gasteiger partial charge in [-0.25, -0.2) is 0 Å². The Labute approximate surface area is 538 Å². The van der Waals surface area contributed by atoms with Gasteiger partial charge in [0.05, 0.1) is 0 Å². The topological polar surface area (TPSA) is 0 Å². The van der Waals surface area contributed by atoms with Crippen molar-refractivity contribution in [2.75, 3.05) is 107 Å². The number of hydrogen-bond acceptors (Lipinski definition) is 15. The van der Waals surface area contributed by atoms with Crippen LogP contribution in [0.2, 0.25) is 0 Å². The minimum absolute atomic E-state index is 0.326. The smallest absolute Gasteiger partial charge is 0.0392 e. The summed E-state index contributed by atoms with van der Waals surface area (Å²) in [5.41, 5.74) is 0. The molecule has 452 valence electrons. The van der Waals surface area contributed by atoms with E-state index in [9.17, 15) is 0 Å². The third-order valence-corrected chi connectivity index (χ3v) is 27.4. The molecule has 0 saturated carbocycles. The molecule has 0 aromatic heterocycles. The van der Waals surface area contributed by atoms with E-state index in [-0.39, 0.29) is 0 Å². The molecule has 0 spiro atoms. The quantitative estimate of drug-likeness (QED) is 0.0226. The third-order valence-electron chi connectivity index (χ3n) is 12.8. The second-order valence-electron chi connectivity index (χ2n) is 22.9. The standard InChI is InChI=1S/C47H96S10.C7H16.C4H10S3.CH4S2/c1-38(2)13-21-48-25-17-45(18-26-49-22-14-39(3)4)32-55-37-54-31-44(12)47(34-57-36-53-29-42(9)10)20-28-52-35-56-33-46(19-27-50-23-15-40(5)6)43(11)30-51-24-16-41(7)8;1-5-7(4)6(2)3;1-3(6)4(7)2-5;2-1-3/h38-47H,13-37H2,1-12H3;6-7H,5H2,1-4H3;3-7H,2H2,1H3;2-3H,1H2. The van der Waals surface area contributed by atoms with E-state index in [0.29, 0.717) is 15.6 Å². The average molecular weight is 1320 g/mol. The molecule has 15 heteroatoms. The van der Waals surface area contributed by atoms with Gasteiger partial charge in [-0.2, -0.15) is 181 Å². The first kappa shape index (κ1) is 85.7. The second kappa shape index (κ2) is 64.3. The molecule has 0 aliphatic heterocycles. The summed E-state index contributed by atoms with van der Waals surface area (Å²) >= 11 is 41.9. The lowest BCUT2D eigenvalue weighted by molar-refractivity contribution is 0.407. The van der Waals surface area contributed by atoms with Crippen molar-refractivity contribution >= 4 is 181 Å². The third kappa shape index (κ3) is 68.0. The van der Waals surface area contributed by atoms with Gasteiger partial charge >= 0.3 is 0 Å². The van der Waals surface area contributed by atoms with Crippen molar-refractivity contribution in [1.29, 1.82) is 0 Å².